The van der Waals surface area contributed by atoms with Crippen molar-refractivity contribution >= 4 is 23.6 Å². The number of hydrogen-bond acceptors (Lipinski definition) is 5. The lowest BCUT2D eigenvalue weighted by molar-refractivity contribution is -0.128. The van der Waals surface area contributed by atoms with Gasteiger partial charge in [-0.3, -0.25) is 20.4 Å². The van der Waals surface area contributed by atoms with Crippen molar-refractivity contribution in [2.75, 3.05) is 12.4 Å². The Bertz CT molecular complexity index is 744. The predicted molar refractivity (Wildman–Crippen MR) is 90.1 cm³/mol. The lowest BCUT2D eigenvalue weighted by Gasteiger charge is -2.09. The van der Waals surface area contributed by atoms with E-state index in [0.29, 0.717) is 11.3 Å². The van der Waals surface area contributed by atoms with Crippen molar-refractivity contribution in [2.24, 2.45) is 0 Å². The highest BCUT2D eigenvalue weighted by atomic mass is 32.2. The van der Waals surface area contributed by atoms with Crippen LogP contribution >= 0.6 is 11.8 Å². The van der Waals surface area contributed by atoms with E-state index < -0.39 is 5.91 Å². The molecule has 0 fully saturated rings. The van der Waals surface area contributed by atoms with Gasteiger partial charge in [-0.15, -0.1) is 11.8 Å². The number of carbonyl (C=O) groups is 2. The lowest BCUT2D eigenvalue weighted by atomic mass is 10.2. The molecular weight excluding hydrogens is 326 g/mol. The molecule has 0 aliphatic rings. The van der Waals surface area contributed by atoms with Gasteiger partial charge < -0.3 is 4.74 Å². The molecule has 6 nitrogen and oxygen atoms in total. The summed E-state index contributed by atoms with van der Waals surface area (Å²) in [6.45, 7) is -0.301. The van der Waals surface area contributed by atoms with Gasteiger partial charge in [0.25, 0.3) is 5.91 Å². The summed E-state index contributed by atoms with van der Waals surface area (Å²) in [5.74, 6) is -0.334. The van der Waals surface area contributed by atoms with Crippen LogP contribution in [0, 0.1) is 11.3 Å². The van der Waals surface area contributed by atoms with Crippen LogP contribution in [0.4, 0.5) is 0 Å². The molecule has 24 heavy (non-hydrogen) atoms. The second kappa shape index (κ2) is 9.22. The number of nitrogens with one attached hydrogen (secondary N) is 2. The zero-order valence-corrected chi connectivity index (χ0v) is 13.5. The van der Waals surface area contributed by atoms with E-state index in [1.54, 1.807) is 24.3 Å². The Kier molecular flexibility index (Phi) is 6.68. The molecule has 0 saturated heterocycles. The minimum atomic E-state index is -0.513. The SMILES string of the molecule is N#Cc1ccccc1OCC(=O)NNC(=O)CSc1ccccc1. The third-order valence-corrected chi connectivity index (χ3v) is 3.83. The van der Waals surface area contributed by atoms with Crippen molar-refractivity contribution < 1.29 is 14.3 Å². The maximum absolute atomic E-state index is 11.7. The molecule has 0 atom stereocenters. The van der Waals surface area contributed by atoms with E-state index in [1.165, 1.54) is 11.8 Å². The van der Waals surface area contributed by atoms with E-state index in [4.69, 9.17) is 10.00 Å². The molecule has 2 amide bonds. The third-order valence-electron chi connectivity index (χ3n) is 2.82. The van der Waals surface area contributed by atoms with Crippen molar-refractivity contribution in [3.05, 3.63) is 60.2 Å². The van der Waals surface area contributed by atoms with Crippen molar-refractivity contribution in [1.82, 2.24) is 10.9 Å². The average molecular weight is 341 g/mol. The molecule has 0 radical (unpaired) electrons. The number of nitriles is 1. The van der Waals surface area contributed by atoms with E-state index in [0.717, 1.165) is 4.90 Å². The summed E-state index contributed by atoms with van der Waals surface area (Å²) in [7, 11) is 0. The molecule has 2 rings (SSSR count). The number of amides is 2. The van der Waals surface area contributed by atoms with Crippen LogP contribution in [0.25, 0.3) is 0 Å². The molecule has 7 heteroatoms. The first-order valence-corrected chi connectivity index (χ1v) is 8.05. The number of benzene rings is 2. The number of hydrogen-bond donors (Lipinski definition) is 2. The standard InChI is InChI=1S/C17H15N3O3S/c18-10-13-6-4-5-9-15(13)23-11-16(21)19-20-17(22)12-24-14-7-2-1-3-8-14/h1-9H,11-12H2,(H,19,21)(H,20,22). The Morgan fingerprint density at radius 3 is 2.42 bits per heavy atom. The molecule has 2 aromatic carbocycles. The smallest absolute Gasteiger partial charge is 0.276 e. The van der Waals surface area contributed by atoms with E-state index in [9.17, 15) is 9.59 Å². The van der Waals surface area contributed by atoms with Gasteiger partial charge in [-0.25, -0.2) is 0 Å². The molecule has 0 aromatic heterocycles. The van der Waals surface area contributed by atoms with Gasteiger partial charge in [0.1, 0.15) is 11.8 Å². The molecule has 0 heterocycles. The predicted octanol–water partition coefficient (Wildman–Crippen LogP) is 1.88. The first-order valence-electron chi connectivity index (χ1n) is 7.06. The first kappa shape index (κ1) is 17.4. The topological polar surface area (TPSA) is 91.2 Å². The normalized spacial score (nSPS) is 9.62. The van der Waals surface area contributed by atoms with Crippen LogP contribution in [0.15, 0.2) is 59.5 Å². The second-order valence-corrected chi connectivity index (χ2v) is 5.64. The van der Waals surface area contributed by atoms with Crippen LogP contribution in [0.3, 0.4) is 0 Å². The van der Waals surface area contributed by atoms with Gasteiger partial charge in [0.15, 0.2) is 6.61 Å². The molecular formula is C17H15N3O3S. The van der Waals surface area contributed by atoms with E-state index in [1.807, 2.05) is 36.4 Å². The highest BCUT2D eigenvalue weighted by Crippen LogP contribution is 2.16. The van der Waals surface area contributed by atoms with Crippen LogP contribution < -0.4 is 15.6 Å². The van der Waals surface area contributed by atoms with Gasteiger partial charge in [-0.1, -0.05) is 30.3 Å². The highest BCUT2D eigenvalue weighted by molar-refractivity contribution is 8.00. The molecule has 0 unspecified atom stereocenters. The number of hydrazine groups is 1. The van der Waals surface area contributed by atoms with Crippen LogP contribution in [0.5, 0.6) is 5.75 Å². The monoisotopic (exact) mass is 341 g/mol. The van der Waals surface area contributed by atoms with Crippen molar-refractivity contribution in [3.63, 3.8) is 0 Å². The summed E-state index contributed by atoms with van der Waals surface area (Å²) in [6, 6.07) is 18.0. The summed E-state index contributed by atoms with van der Waals surface area (Å²) in [5.41, 5.74) is 4.92. The molecule has 0 spiro atoms. The van der Waals surface area contributed by atoms with Gasteiger partial charge >= 0.3 is 0 Å². The quantitative estimate of drug-likeness (QED) is 0.618. The summed E-state index contributed by atoms with van der Waals surface area (Å²) >= 11 is 1.36. The van der Waals surface area contributed by atoms with Gasteiger partial charge in [0.05, 0.1) is 11.3 Å². The summed E-state index contributed by atoms with van der Waals surface area (Å²) in [5, 5.41) is 8.92. The van der Waals surface area contributed by atoms with Gasteiger partial charge in [-0.2, -0.15) is 5.26 Å². The zero-order chi connectivity index (χ0) is 17.2. The van der Waals surface area contributed by atoms with Crippen molar-refractivity contribution in [2.45, 2.75) is 4.90 Å². The van der Waals surface area contributed by atoms with Crippen LogP contribution in [-0.4, -0.2) is 24.2 Å². The van der Waals surface area contributed by atoms with Crippen LogP contribution in [-0.2, 0) is 9.59 Å². The number of ether oxygens (including phenoxy) is 1. The molecule has 122 valence electrons. The van der Waals surface area contributed by atoms with E-state index >= 15 is 0 Å². The Balaban J connectivity index is 1.69. The Morgan fingerprint density at radius 1 is 1.00 bits per heavy atom. The Morgan fingerprint density at radius 2 is 1.67 bits per heavy atom. The molecule has 2 N–H and O–H groups in total. The summed E-state index contributed by atoms with van der Waals surface area (Å²) < 4.78 is 5.26. The van der Waals surface area contributed by atoms with Gasteiger partial charge in [0.2, 0.25) is 5.91 Å². The number of nitrogens with zero attached hydrogens (tertiary/aromatic N) is 1. The number of carbonyl (C=O) groups excluding carboxylic acids is 2. The number of para-hydroxylation sites is 1. The molecule has 0 aliphatic heterocycles. The minimum Gasteiger partial charge on any atom is -0.482 e. The fourth-order valence-corrected chi connectivity index (χ4v) is 2.42. The van der Waals surface area contributed by atoms with E-state index in [-0.39, 0.29) is 18.3 Å². The minimum absolute atomic E-state index is 0.183. The number of thioether (sulfide) groups is 1. The largest absolute Gasteiger partial charge is 0.482 e. The van der Waals surface area contributed by atoms with Crippen molar-refractivity contribution in [3.8, 4) is 11.8 Å². The Labute approximate surface area is 143 Å². The summed E-state index contributed by atoms with van der Waals surface area (Å²) in [6.07, 6.45) is 0. The molecule has 2 aromatic rings. The van der Waals surface area contributed by atoms with Gasteiger partial charge in [-0.05, 0) is 24.3 Å². The highest BCUT2D eigenvalue weighted by Gasteiger charge is 2.08. The van der Waals surface area contributed by atoms with Crippen LogP contribution in [0.2, 0.25) is 0 Å². The van der Waals surface area contributed by atoms with Crippen LogP contribution in [0.1, 0.15) is 5.56 Å². The zero-order valence-electron chi connectivity index (χ0n) is 12.7. The fraction of sp³-hybridized carbons (Fsp3) is 0.118. The average Bonchev–Trinajstić information content (AvgIpc) is 2.64. The van der Waals surface area contributed by atoms with E-state index in [2.05, 4.69) is 10.9 Å². The molecule has 0 aliphatic carbocycles. The number of rotatable bonds is 6. The fourth-order valence-electron chi connectivity index (χ4n) is 1.71. The Hall–Kier alpha value is -2.98. The van der Waals surface area contributed by atoms with Crippen molar-refractivity contribution in [1.29, 1.82) is 5.26 Å². The molecule has 0 saturated carbocycles. The lowest BCUT2D eigenvalue weighted by Crippen LogP contribution is -2.44. The maximum Gasteiger partial charge on any atom is 0.276 e. The third kappa shape index (κ3) is 5.66. The second-order valence-electron chi connectivity index (χ2n) is 4.59. The summed E-state index contributed by atoms with van der Waals surface area (Å²) in [4.78, 5) is 24.3. The van der Waals surface area contributed by atoms with Gasteiger partial charge in [0, 0.05) is 4.90 Å². The first-order chi connectivity index (χ1) is 11.7. The maximum atomic E-state index is 11.7. The molecule has 0 bridgehead atoms.